The Bertz CT molecular complexity index is 436. The van der Waals surface area contributed by atoms with Crippen molar-refractivity contribution in [3.63, 3.8) is 0 Å². The quantitative estimate of drug-likeness (QED) is 0.540. The van der Waals surface area contributed by atoms with Gasteiger partial charge < -0.3 is 9.47 Å². The molecule has 4 heteroatoms. The first-order chi connectivity index (χ1) is 9.62. The highest BCUT2D eigenvalue weighted by molar-refractivity contribution is 5.95. The molecule has 1 atom stereocenters. The summed E-state index contributed by atoms with van der Waals surface area (Å²) in [5.74, 6) is 0.319. The second-order valence-electron chi connectivity index (χ2n) is 4.45. The minimum Gasteiger partial charge on any atom is -0.479 e. The van der Waals surface area contributed by atoms with Gasteiger partial charge in [0.05, 0.1) is 6.61 Å². The van der Waals surface area contributed by atoms with E-state index in [0.29, 0.717) is 30.8 Å². The SMILES string of the molecule is CCCC(Oc1ccc(C(=O)CC)cc1)C(=O)OCC. The van der Waals surface area contributed by atoms with Gasteiger partial charge >= 0.3 is 5.97 Å². The summed E-state index contributed by atoms with van der Waals surface area (Å²) >= 11 is 0. The van der Waals surface area contributed by atoms with Crippen molar-refractivity contribution in [1.82, 2.24) is 0 Å². The number of Topliss-reactive ketones (excluding diaryl/α,β-unsaturated/α-hetero) is 1. The summed E-state index contributed by atoms with van der Waals surface area (Å²) in [5.41, 5.74) is 0.656. The van der Waals surface area contributed by atoms with Gasteiger partial charge in [-0.2, -0.15) is 0 Å². The van der Waals surface area contributed by atoms with Gasteiger partial charge in [-0.05, 0) is 37.6 Å². The Balaban J connectivity index is 2.73. The molecule has 0 saturated carbocycles. The minimum absolute atomic E-state index is 0.0899. The van der Waals surface area contributed by atoms with Crippen molar-refractivity contribution in [3.8, 4) is 5.75 Å². The Kier molecular flexibility index (Phi) is 6.77. The van der Waals surface area contributed by atoms with E-state index in [9.17, 15) is 9.59 Å². The van der Waals surface area contributed by atoms with Crippen molar-refractivity contribution >= 4 is 11.8 Å². The molecule has 0 saturated heterocycles. The number of esters is 1. The Hall–Kier alpha value is -1.84. The van der Waals surface area contributed by atoms with Crippen LogP contribution in [0.1, 0.15) is 50.4 Å². The summed E-state index contributed by atoms with van der Waals surface area (Å²) < 4.78 is 10.6. The molecule has 1 aromatic carbocycles. The van der Waals surface area contributed by atoms with Crippen LogP contribution in [0.15, 0.2) is 24.3 Å². The molecule has 4 nitrogen and oxygen atoms in total. The number of ether oxygens (including phenoxy) is 2. The highest BCUT2D eigenvalue weighted by Crippen LogP contribution is 2.17. The van der Waals surface area contributed by atoms with Gasteiger partial charge in [-0.3, -0.25) is 4.79 Å². The van der Waals surface area contributed by atoms with Crippen LogP contribution < -0.4 is 4.74 Å². The van der Waals surface area contributed by atoms with Gasteiger partial charge in [-0.15, -0.1) is 0 Å². The van der Waals surface area contributed by atoms with Gasteiger partial charge in [-0.25, -0.2) is 4.79 Å². The predicted octanol–water partition coefficient (Wildman–Crippen LogP) is 3.39. The standard InChI is InChI=1S/C16H22O4/c1-4-7-15(16(18)19-6-3)20-13-10-8-12(9-11-13)14(17)5-2/h8-11,15H,4-7H2,1-3H3. The summed E-state index contributed by atoms with van der Waals surface area (Å²) in [6.45, 7) is 5.92. The molecule has 0 radical (unpaired) electrons. The highest BCUT2D eigenvalue weighted by Gasteiger charge is 2.20. The zero-order valence-corrected chi connectivity index (χ0v) is 12.3. The van der Waals surface area contributed by atoms with Gasteiger partial charge in [-0.1, -0.05) is 20.3 Å². The second kappa shape index (κ2) is 8.35. The fourth-order valence-electron chi connectivity index (χ4n) is 1.81. The monoisotopic (exact) mass is 278 g/mol. The fraction of sp³-hybridized carbons (Fsp3) is 0.500. The molecule has 1 rings (SSSR count). The lowest BCUT2D eigenvalue weighted by Crippen LogP contribution is -2.29. The number of ketones is 1. The molecule has 0 N–H and O–H groups in total. The number of carbonyl (C=O) groups excluding carboxylic acids is 2. The molecule has 0 heterocycles. The van der Waals surface area contributed by atoms with E-state index in [1.54, 1.807) is 31.2 Å². The number of benzene rings is 1. The summed E-state index contributed by atoms with van der Waals surface area (Å²) in [6, 6.07) is 6.86. The van der Waals surface area contributed by atoms with Crippen LogP contribution in [0, 0.1) is 0 Å². The van der Waals surface area contributed by atoms with Crippen LogP contribution in [-0.4, -0.2) is 24.5 Å². The predicted molar refractivity (Wildman–Crippen MR) is 77.0 cm³/mol. The molecule has 20 heavy (non-hydrogen) atoms. The lowest BCUT2D eigenvalue weighted by atomic mass is 10.1. The average molecular weight is 278 g/mol. The van der Waals surface area contributed by atoms with Crippen molar-refractivity contribution in [1.29, 1.82) is 0 Å². The normalized spacial score (nSPS) is 11.8. The lowest BCUT2D eigenvalue weighted by Gasteiger charge is -2.17. The zero-order valence-electron chi connectivity index (χ0n) is 12.3. The number of carbonyl (C=O) groups is 2. The van der Waals surface area contributed by atoms with Crippen LogP contribution in [0.25, 0.3) is 0 Å². The van der Waals surface area contributed by atoms with Crippen LogP contribution in [0.2, 0.25) is 0 Å². The van der Waals surface area contributed by atoms with E-state index in [1.165, 1.54) is 0 Å². The van der Waals surface area contributed by atoms with Gasteiger partial charge in [0.25, 0.3) is 0 Å². The van der Waals surface area contributed by atoms with Crippen LogP contribution in [0.4, 0.5) is 0 Å². The Morgan fingerprint density at radius 2 is 1.75 bits per heavy atom. The molecular weight excluding hydrogens is 256 g/mol. The van der Waals surface area contributed by atoms with Gasteiger partial charge in [0.15, 0.2) is 11.9 Å². The lowest BCUT2D eigenvalue weighted by molar-refractivity contribution is -0.151. The highest BCUT2D eigenvalue weighted by atomic mass is 16.6. The summed E-state index contributed by atoms with van der Waals surface area (Å²) in [4.78, 5) is 23.3. The molecule has 0 spiro atoms. The smallest absolute Gasteiger partial charge is 0.347 e. The third-order valence-electron chi connectivity index (χ3n) is 2.88. The van der Waals surface area contributed by atoms with E-state index in [2.05, 4.69) is 0 Å². The van der Waals surface area contributed by atoms with E-state index in [-0.39, 0.29) is 11.8 Å². The van der Waals surface area contributed by atoms with Crippen LogP contribution in [0.3, 0.4) is 0 Å². The molecule has 1 aromatic rings. The minimum atomic E-state index is -0.590. The van der Waals surface area contributed by atoms with Crippen molar-refractivity contribution in [3.05, 3.63) is 29.8 Å². The molecule has 0 aliphatic heterocycles. The summed E-state index contributed by atoms with van der Waals surface area (Å²) in [7, 11) is 0. The zero-order chi connectivity index (χ0) is 15.0. The van der Waals surface area contributed by atoms with E-state index in [4.69, 9.17) is 9.47 Å². The number of hydrogen-bond donors (Lipinski definition) is 0. The van der Waals surface area contributed by atoms with Crippen molar-refractivity contribution in [2.75, 3.05) is 6.61 Å². The van der Waals surface area contributed by atoms with Gasteiger partial charge in [0.1, 0.15) is 5.75 Å². The van der Waals surface area contributed by atoms with E-state index in [0.717, 1.165) is 6.42 Å². The van der Waals surface area contributed by atoms with Crippen LogP contribution in [0.5, 0.6) is 5.75 Å². The molecule has 110 valence electrons. The molecule has 0 aliphatic carbocycles. The molecule has 0 amide bonds. The molecule has 1 unspecified atom stereocenters. The van der Waals surface area contributed by atoms with Crippen molar-refractivity contribution < 1.29 is 19.1 Å². The van der Waals surface area contributed by atoms with Gasteiger partial charge in [0.2, 0.25) is 0 Å². The van der Waals surface area contributed by atoms with Crippen molar-refractivity contribution in [2.24, 2.45) is 0 Å². The first kappa shape index (κ1) is 16.2. The maximum atomic E-state index is 11.8. The molecule has 0 aliphatic rings. The third-order valence-corrected chi connectivity index (χ3v) is 2.88. The third kappa shape index (κ3) is 4.68. The summed E-state index contributed by atoms with van der Waals surface area (Å²) in [6.07, 6.45) is 1.32. The first-order valence-corrected chi connectivity index (χ1v) is 7.08. The summed E-state index contributed by atoms with van der Waals surface area (Å²) in [5, 5.41) is 0. The molecule has 0 bridgehead atoms. The maximum absolute atomic E-state index is 11.8. The fourth-order valence-corrected chi connectivity index (χ4v) is 1.81. The maximum Gasteiger partial charge on any atom is 0.347 e. The average Bonchev–Trinajstić information content (AvgIpc) is 2.47. The van der Waals surface area contributed by atoms with Crippen LogP contribution in [-0.2, 0) is 9.53 Å². The molecule has 0 aromatic heterocycles. The van der Waals surface area contributed by atoms with E-state index < -0.39 is 6.10 Å². The molecule has 0 fully saturated rings. The topological polar surface area (TPSA) is 52.6 Å². The van der Waals surface area contributed by atoms with Crippen molar-refractivity contribution in [2.45, 2.75) is 46.1 Å². The van der Waals surface area contributed by atoms with Crippen LogP contribution >= 0.6 is 0 Å². The number of rotatable bonds is 8. The Morgan fingerprint density at radius 3 is 2.25 bits per heavy atom. The largest absolute Gasteiger partial charge is 0.479 e. The first-order valence-electron chi connectivity index (χ1n) is 7.08. The Morgan fingerprint density at radius 1 is 1.10 bits per heavy atom. The molecular formula is C16H22O4. The number of hydrogen-bond acceptors (Lipinski definition) is 4. The Labute approximate surface area is 120 Å². The van der Waals surface area contributed by atoms with Gasteiger partial charge in [0, 0.05) is 12.0 Å². The van der Waals surface area contributed by atoms with E-state index >= 15 is 0 Å². The van der Waals surface area contributed by atoms with E-state index in [1.807, 2.05) is 13.8 Å². The second-order valence-corrected chi connectivity index (χ2v) is 4.45.